The first-order valence-electron chi connectivity index (χ1n) is 10.6. The molecule has 0 radical (unpaired) electrons. The highest BCUT2D eigenvalue weighted by Gasteiger charge is 2.17. The molecule has 0 aliphatic rings. The number of aromatic nitrogens is 1. The van der Waals surface area contributed by atoms with Crippen molar-refractivity contribution in [2.45, 2.75) is 25.8 Å². The molecule has 0 aliphatic carbocycles. The van der Waals surface area contributed by atoms with Gasteiger partial charge >= 0.3 is 0 Å². The van der Waals surface area contributed by atoms with E-state index in [1.165, 1.54) is 24.3 Å². The summed E-state index contributed by atoms with van der Waals surface area (Å²) in [6.45, 7) is 4.39. The lowest BCUT2D eigenvalue weighted by Crippen LogP contribution is -2.29. The molecular formula is C24H29FN4O3. The number of hydrogen-bond acceptors (Lipinski definition) is 6. The molecule has 32 heavy (non-hydrogen) atoms. The van der Waals surface area contributed by atoms with E-state index >= 15 is 0 Å². The summed E-state index contributed by atoms with van der Waals surface area (Å²) in [5.74, 6) is -0.495. The second-order valence-corrected chi connectivity index (χ2v) is 7.00. The van der Waals surface area contributed by atoms with Crippen LogP contribution >= 0.6 is 0 Å². The van der Waals surface area contributed by atoms with Gasteiger partial charge in [-0.2, -0.15) is 9.65 Å². The van der Waals surface area contributed by atoms with Gasteiger partial charge in [0.2, 0.25) is 5.95 Å². The Bertz CT molecular complexity index is 926. The number of benzene rings is 1. The third kappa shape index (κ3) is 8.46. The molecule has 0 bridgehead atoms. The van der Waals surface area contributed by atoms with E-state index in [9.17, 15) is 14.4 Å². The maximum absolute atomic E-state index is 13.3. The van der Waals surface area contributed by atoms with Gasteiger partial charge in [0.15, 0.2) is 0 Å². The maximum atomic E-state index is 13.3. The predicted octanol–water partition coefficient (Wildman–Crippen LogP) is 3.40. The van der Waals surface area contributed by atoms with Gasteiger partial charge in [-0.1, -0.05) is 31.5 Å². The molecule has 2 aromatic rings. The summed E-state index contributed by atoms with van der Waals surface area (Å²) in [7, 11) is 1.87. The molecule has 1 aromatic heterocycles. The van der Waals surface area contributed by atoms with Gasteiger partial charge in [-0.25, -0.2) is 4.98 Å². The van der Waals surface area contributed by atoms with E-state index in [0.29, 0.717) is 32.0 Å². The fourth-order valence-corrected chi connectivity index (χ4v) is 2.94. The SMILES string of the molecule is CCCC(NC(=O)C(C#N)=Cc1cccc(F)n1)c1ccc(OCCOCCNC)cc1. The summed E-state index contributed by atoms with van der Waals surface area (Å²) in [5.41, 5.74) is 0.974. The second kappa shape index (κ2) is 13.9. The van der Waals surface area contributed by atoms with Crippen LogP contribution in [0.15, 0.2) is 48.0 Å². The standard InChI is InChI=1S/C24H29FN4O3/c1-3-5-22(18-8-10-21(11-9-18)32-15-14-31-13-12-27-2)29-24(30)19(17-26)16-20-6-4-7-23(25)28-20/h4,6-11,16,22,27H,3,5,12-15H2,1-2H3,(H,29,30). The Hall–Kier alpha value is -3.28. The highest BCUT2D eigenvalue weighted by Crippen LogP contribution is 2.22. The summed E-state index contributed by atoms with van der Waals surface area (Å²) < 4.78 is 24.4. The number of nitrogens with zero attached hydrogens (tertiary/aromatic N) is 2. The Morgan fingerprint density at radius 3 is 2.66 bits per heavy atom. The van der Waals surface area contributed by atoms with Crippen molar-refractivity contribution in [3.05, 3.63) is 65.2 Å². The largest absolute Gasteiger partial charge is 0.491 e. The van der Waals surface area contributed by atoms with Crippen LogP contribution < -0.4 is 15.4 Å². The predicted molar refractivity (Wildman–Crippen MR) is 120 cm³/mol. The van der Waals surface area contributed by atoms with E-state index in [2.05, 4.69) is 15.6 Å². The number of halogens is 1. The van der Waals surface area contributed by atoms with Crippen molar-refractivity contribution in [1.82, 2.24) is 15.6 Å². The second-order valence-electron chi connectivity index (χ2n) is 7.00. The highest BCUT2D eigenvalue weighted by atomic mass is 19.1. The number of ether oxygens (including phenoxy) is 2. The Morgan fingerprint density at radius 1 is 1.22 bits per heavy atom. The van der Waals surface area contributed by atoms with E-state index in [4.69, 9.17) is 9.47 Å². The van der Waals surface area contributed by atoms with Crippen LogP contribution in [0, 0.1) is 17.3 Å². The smallest absolute Gasteiger partial charge is 0.262 e. The fraction of sp³-hybridized carbons (Fsp3) is 0.375. The van der Waals surface area contributed by atoms with Crippen molar-refractivity contribution in [1.29, 1.82) is 5.26 Å². The van der Waals surface area contributed by atoms with Crippen LogP contribution in [-0.2, 0) is 9.53 Å². The zero-order valence-corrected chi connectivity index (χ0v) is 18.4. The first-order chi connectivity index (χ1) is 15.6. The van der Waals surface area contributed by atoms with Crippen molar-refractivity contribution < 1.29 is 18.7 Å². The van der Waals surface area contributed by atoms with Gasteiger partial charge in [0.05, 0.1) is 24.9 Å². The summed E-state index contributed by atoms with van der Waals surface area (Å²) in [6.07, 6.45) is 2.81. The molecule has 2 N–H and O–H groups in total. The van der Waals surface area contributed by atoms with Crippen LogP contribution in [-0.4, -0.2) is 44.3 Å². The fourth-order valence-electron chi connectivity index (χ4n) is 2.94. The van der Waals surface area contributed by atoms with E-state index in [0.717, 1.165) is 18.5 Å². The molecule has 1 aromatic carbocycles. The molecule has 2 rings (SSSR count). The molecule has 0 spiro atoms. The van der Waals surface area contributed by atoms with Gasteiger partial charge in [0, 0.05) is 6.54 Å². The molecule has 1 unspecified atom stereocenters. The van der Waals surface area contributed by atoms with Crippen molar-refractivity contribution in [2.75, 3.05) is 33.4 Å². The lowest BCUT2D eigenvalue weighted by molar-refractivity contribution is -0.117. The summed E-state index contributed by atoms with van der Waals surface area (Å²) in [4.78, 5) is 16.3. The van der Waals surface area contributed by atoms with E-state index in [1.807, 2.05) is 44.3 Å². The van der Waals surface area contributed by atoms with Crippen LogP contribution in [0.25, 0.3) is 6.08 Å². The average Bonchev–Trinajstić information content (AvgIpc) is 2.80. The van der Waals surface area contributed by atoms with E-state index < -0.39 is 11.9 Å². The topological polar surface area (TPSA) is 96.3 Å². The molecule has 170 valence electrons. The van der Waals surface area contributed by atoms with Crippen LogP contribution in [0.3, 0.4) is 0 Å². The highest BCUT2D eigenvalue weighted by molar-refractivity contribution is 6.01. The van der Waals surface area contributed by atoms with Gasteiger partial charge in [-0.05, 0) is 49.4 Å². The zero-order valence-electron chi connectivity index (χ0n) is 18.4. The Morgan fingerprint density at radius 2 is 2.00 bits per heavy atom. The van der Waals surface area contributed by atoms with Crippen molar-refractivity contribution in [2.24, 2.45) is 0 Å². The number of nitrogens with one attached hydrogen (secondary N) is 2. The van der Waals surface area contributed by atoms with Gasteiger partial charge in [0.25, 0.3) is 5.91 Å². The number of amides is 1. The molecule has 8 heteroatoms. The number of hydrogen-bond donors (Lipinski definition) is 2. The van der Waals surface area contributed by atoms with Crippen molar-refractivity contribution >= 4 is 12.0 Å². The van der Waals surface area contributed by atoms with Crippen LogP contribution in [0.2, 0.25) is 0 Å². The van der Waals surface area contributed by atoms with Crippen molar-refractivity contribution in [3.63, 3.8) is 0 Å². The molecule has 0 saturated carbocycles. The summed E-state index contributed by atoms with van der Waals surface area (Å²) >= 11 is 0. The Kier molecular flexibility index (Phi) is 10.9. The lowest BCUT2D eigenvalue weighted by atomic mass is 10.0. The Balaban J connectivity index is 1.99. The first kappa shape index (κ1) is 25.0. The quantitative estimate of drug-likeness (QED) is 0.215. The minimum absolute atomic E-state index is 0.137. The molecule has 7 nitrogen and oxygen atoms in total. The van der Waals surface area contributed by atoms with Crippen LogP contribution in [0.5, 0.6) is 5.75 Å². The van der Waals surface area contributed by atoms with Gasteiger partial charge in [0.1, 0.15) is 24.0 Å². The minimum Gasteiger partial charge on any atom is -0.491 e. The van der Waals surface area contributed by atoms with Crippen LogP contribution in [0.1, 0.15) is 37.1 Å². The van der Waals surface area contributed by atoms with Crippen LogP contribution in [0.4, 0.5) is 4.39 Å². The third-order valence-electron chi connectivity index (χ3n) is 4.55. The molecule has 1 atom stereocenters. The van der Waals surface area contributed by atoms with Crippen molar-refractivity contribution in [3.8, 4) is 11.8 Å². The number of rotatable bonds is 13. The minimum atomic E-state index is -0.674. The molecule has 0 saturated heterocycles. The maximum Gasteiger partial charge on any atom is 0.262 e. The lowest BCUT2D eigenvalue weighted by Gasteiger charge is -2.19. The molecule has 0 fully saturated rings. The van der Waals surface area contributed by atoms with Gasteiger partial charge in [-0.15, -0.1) is 0 Å². The molecule has 0 aliphatic heterocycles. The summed E-state index contributed by atoms with van der Waals surface area (Å²) in [5, 5.41) is 15.3. The number of carbonyl (C=O) groups excluding carboxylic acids is 1. The third-order valence-corrected chi connectivity index (χ3v) is 4.55. The average molecular weight is 441 g/mol. The first-order valence-corrected chi connectivity index (χ1v) is 10.6. The number of carbonyl (C=O) groups is 1. The van der Waals surface area contributed by atoms with Gasteiger partial charge < -0.3 is 20.1 Å². The molecule has 1 heterocycles. The van der Waals surface area contributed by atoms with E-state index in [-0.39, 0.29) is 17.3 Å². The van der Waals surface area contributed by atoms with Gasteiger partial charge in [-0.3, -0.25) is 4.79 Å². The van der Waals surface area contributed by atoms with E-state index in [1.54, 1.807) is 0 Å². The monoisotopic (exact) mass is 440 g/mol. The zero-order chi connectivity index (χ0) is 23.2. The normalized spacial score (nSPS) is 12.1. The molecule has 1 amide bonds. The summed E-state index contributed by atoms with van der Waals surface area (Å²) in [6, 6.07) is 13.3. The molecular weight excluding hydrogens is 411 g/mol. The number of nitriles is 1. The number of likely N-dealkylation sites (N-methyl/N-ethyl adjacent to an activating group) is 1. The number of pyridine rings is 1. The Labute approximate surface area is 188 Å².